The Balaban J connectivity index is 2.39. The van der Waals surface area contributed by atoms with Gasteiger partial charge >= 0.3 is 0 Å². The molecule has 0 bridgehead atoms. The van der Waals surface area contributed by atoms with Gasteiger partial charge in [0.15, 0.2) is 11.5 Å². The Bertz CT molecular complexity index is 478. The molecule has 3 unspecified atom stereocenters. The summed E-state index contributed by atoms with van der Waals surface area (Å²) in [6.45, 7) is 5.15. The van der Waals surface area contributed by atoms with E-state index in [1.807, 2.05) is 0 Å². The summed E-state index contributed by atoms with van der Waals surface area (Å²) in [5.41, 5.74) is 0.688. The van der Waals surface area contributed by atoms with E-state index >= 15 is 0 Å². The fraction of sp³-hybridized carbons (Fsp3) is 0.647. The number of benzene rings is 1. The van der Waals surface area contributed by atoms with Crippen LogP contribution in [0.15, 0.2) is 12.1 Å². The summed E-state index contributed by atoms with van der Waals surface area (Å²) in [6, 6.07) is 3.25. The van der Waals surface area contributed by atoms with Crippen molar-refractivity contribution in [1.82, 2.24) is 5.32 Å². The van der Waals surface area contributed by atoms with Gasteiger partial charge in [-0.25, -0.2) is 4.39 Å². The molecule has 2 rings (SSSR count). The number of hydrogen-bond donors (Lipinski definition) is 1. The number of methoxy groups -OCH3 is 2. The number of hydrogen-bond acceptors (Lipinski definition) is 3. The molecule has 0 saturated heterocycles. The number of ether oxygens (including phenoxy) is 2. The van der Waals surface area contributed by atoms with Crippen LogP contribution in [0.4, 0.5) is 4.39 Å². The van der Waals surface area contributed by atoms with Crippen molar-refractivity contribution in [3.63, 3.8) is 0 Å². The maximum absolute atomic E-state index is 14.5. The van der Waals surface area contributed by atoms with Crippen molar-refractivity contribution in [2.75, 3.05) is 20.8 Å². The molecular formula is C17H26FNO2. The van der Waals surface area contributed by atoms with Crippen molar-refractivity contribution in [1.29, 1.82) is 0 Å². The first-order valence-corrected chi connectivity index (χ1v) is 7.77. The van der Waals surface area contributed by atoms with Gasteiger partial charge in [0.2, 0.25) is 0 Å². The Morgan fingerprint density at radius 3 is 2.43 bits per heavy atom. The molecule has 0 radical (unpaired) electrons. The number of rotatable bonds is 6. The van der Waals surface area contributed by atoms with E-state index in [2.05, 4.69) is 19.2 Å². The highest BCUT2D eigenvalue weighted by Gasteiger charge is 2.33. The summed E-state index contributed by atoms with van der Waals surface area (Å²) in [5.74, 6) is 1.88. The summed E-state index contributed by atoms with van der Waals surface area (Å²) in [6.07, 6.45) is 3.59. The summed E-state index contributed by atoms with van der Waals surface area (Å²) in [4.78, 5) is 0. The second-order valence-corrected chi connectivity index (χ2v) is 5.84. The van der Waals surface area contributed by atoms with Gasteiger partial charge in [-0.05, 0) is 30.9 Å². The van der Waals surface area contributed by atoms with Crippen molar-refractivity contribution < 1.29 is 13.9 Å². The minimum Gasteiger partial charge on any atom is -0.493 e. The molecule has 21 heavy (non-hydrogen) atoms. The molecule has 1 aliphatic rings. The van der Waals surface area contributed by atoms with E-state index < -0.39 is 0 Å². The molecule has 0 spiro atoms. The van der Waals surface area contributed by atoms with Crippen LogP contribution >= 0.6 is 0 Å². The summed E-state index contributed by atoms with van der Waals surface area (Å²) in [7, 11) is 3.11. The quantitative estimate of drug-likeness (QED) is 0.862. The van der Waals surface area contributed by atoms with Gasteiger partial charge in [0, 0.05) is 17.7 Å². The van der Waals surface area contributed by atoms with Crippen LogP contribution in [0.25, 0.3) is 0 Å². The lowest BCUT2D eigenvalue weighted by molar-refractivity contribution is 0.295. The topological polar surface area (TPSA) is 30.5 Å². The predicted octanol–water partition coefficient (Wildman–Crippen LogP) is 3.93. The van der Waals surface area contributed by atoms with Crippen LogP contribution in [-0.2, 0) is 0 Å². The highest BCUT2D eigenvalue weighted by molar-refractivity contribution is 5.45. The third-order valence-corrected chi connectivity index (χ3v) is 4.62. The van der Waals surface area contributed by atoms with E-state index in [9.17, 15) is 4.39 Å². The molecule has 1 saturated carbocycles. The minimum absolute atomic E-state index is 0.0345. The monoisotopic (exact) mass is 295 g/mol. The molecule has 4 heteroatoms. The lowest BCUT2D eigenvalue weighted by atomic mass is 9.85. The zero-order valence-electron chi connectivity index (χ0n) is 13.4. The molecule has 0 amide bonds. The Kier molecular flexibility index (Phi) is 5.45. The molecule has 1 fully saturated rings. The second kappa shape index (κ2) is 7.12. The maximum atomic E-state index is 14.5. The fourth-order valence-electron chi connectivity index (χ4n) is 3.49. The van der Waals surface area contributed by atoms with E-state index in [-0.39, 0.29) is 11.9 Å². The molecule has 1 aliphatic carbocycles. The molecule has 118 valence electrons. The maximum Gasteiger partial charge on any atom is 0.163 e. The van der Waals surface area contributed by atoms with Crippen LogP contribution in [0.5, 0.6) is 11.5 Å². The zero-order valence-corrected chi connectivity index (χ0v) is 13.4. The van der Waals surface area contributed by atoms with Crippen molar-refractivity contribution >= 4 is 0 Å². The average molecular weight is 295 g/mol. The van der Waals surface area contributed by atoms with Gasteiger partial charge in [-0.2, -0.15) is 0 Å². The predicted molar refractivity (Wildman–Crippen MR) is 82.4 cm³/mol. The molecule has 0 aromatic heterocycles. The highest BCUT2D eigenvalue weighted by Crippen LogP contribution is 2.42. The van der Waals surface area contributed by atoms with Gasteiger partial charge in [-0.3, -0.25) is 0 Å². The average Bonchev–Trinajstić information content (AvgIpc) is 2.90. The van der Waals surface area contributed by atoms with Gasteiger partial charge in [0.05, 0.1) is 14.2 Å². The molecule has 1 aromatic rings. The van der Waals surface area contributed by atoms with E-state index in [1.54, 1.807) is 13.2 Å². The van der Waals surface area contributed by atoms with Gasteiger partial charge in [-0.1, -0.05) is 26.7 Å². The minimum atomic E-state index is -0.224. The van der Waals surface area contributed by atoms with Crippen LogP contribution < -0.4 is 14.8 Å². The first-order valence-electron chi connectivity index (χ1n) is 7.77. The van der Waals surface area contributed by atoms with E-state index in [0.717, 1.165) is 13.0 Å². The van der Waals surface area contributed by atoms with Crippen LogP contribution in [0, 0.1) is 17.7 Å². The van der Waals surface area contributed by atoms with Crippen LogP contribution in [0.1, 0.15) is 44.7 Å². The Hall–Kier alpha value is -1.29. The molecule has 3 atom stereocenters. The van der Waals surface area contributed by atoms with Crippen LogP contribution in [0.3, 0.4) is 0 Å². The molecular weight excluding hydrogens is 269 g/mol. The van der Waals surface area contributed by atoms with E-state index in [1.165, 1.54) is 26.0 Å². The standard InChI is InChI=1S/C17H26FNO2/c1-5-19-17(12-8-6-7-11(12)2)13-9-15(20-3)16(21-4)10-14(13)18/h9-12,17,19H,5-8H2,1-4H3. The zero-order chi connectivity index (χ0) is 15.4. The van der Waals surface area contributed by atoms with Crippen LogP contribution in [-0.4, -0.2) is 20.8 Å². The number of nitrogens with one attached hydrogen (secondary N) is 1. The molecule has 1 N–H and O–H groups in total. The van der Waals surface area contributed by atoms with Gasteiger partial charge < -0.3 is 14.8 Å². The molecule has 3 nitrogen and oxygen atoms in total. The highest BCUT2D eigenvalue weighted by atomic mass is 19.1. The van der Waals surface area contributed by atoms with Gasteiger partial charge in [0.1, 0.15) is 5.82 Å². The fourth-order valence-corrected chi connectivity index (χ4v) is 3.49. The Labute approximate surface area is 126 Å². The SMILES string of the molecule is CCNC(c1cc(OC)c(OC)cc1F)C1CCCC1C. The first kappa shape index (κ1) is 16.1. The van der Waals surface area contributed by atoms with Crippen molar-refractivity contribution in [2.24, 2.45) is 11.8 Å². The van der Waals surface area contributed by atoms with Crippen LogP contribution in [0.2, 0.25) is 0 Å². The first-order chi connectivity index (χ1) is 10.1. The lowest BCUT2D eigenvalue weighted by Crippen LogP contribution is -2.30. The largest absolute Gasteiger partial charge is 0.493 e. The van der Waals surface area contributed by atoms with E-state index in [4.69, 9.17) is 9.47 Å². The lowest BCUT2D eigenvalue weighted by Gasteiger charge is -2.29. The smallest absolute Gasteiger partial charge is 0.163 e. The molecule has 0 heterocycles. The normalized spacial score (nSPS) is 23.1. The Morgan fingerprint density at radius 2 is 1.90 bits per heavy atom. The summed E-state index contributed by atoms with van der Waals surface area (Å²) in [5, 5.41) is 3.46. The molecule has 0 aliphatic heterocycles. The number of halogens is 1. The van der Waals surface area contributed by atoms with Crippen molar-refractivity contribution in [3.05, 3.63) is 23.5 Å². The summed E-state index contributed by atoms with van der Waals surface area (Å²) >= 11 is 0. The van der Waals surface area contributed by atoms with Gasteiger partial charge in [0.25, 0.3) is 0 Å². The van der Waals surface area contributed by atoms with E-state index in [0.29, 0.717) is 28.9 Å². The van der Waals surface area contributed by atoms with Gasteiger partial charge in [-0.15, -0.1) is 0 Å². The second-order valence-electron chi connectivity index (χ2n) is 5.84. The van der Waals surface area contributed by atoms with Crippen molar-refractivity contribution in [3.8, 4) is 11.5 Å². The molecule has 1 aromatic carbocycles. The Morgan fingerprint density at radius 1 is 1.24 bits per heavy atom. The summed E-state index contributed by atoms with van der Waals surface area (Å²) < 4.78 is 25.0. The third-order valence-electron chi connectivity index (χ3n) is 4.62. The third kappa shape index (κ3) is 3.31. The van der Waals surface area contributed by atoms with Crippen molar-refractivity contribution in [2.45, 2.75) is 39.2 Å².